The minimum atomic E-state index is -3.53. The van der Waals surface area contributed by atoms with E-state index in [0.29, 0.717) is 29.0 Å². The van der Waals surface area contributed by atoms with E-state index in [1.165, 1.54) is 4.31 Å². The fourth-order valence-corrected chi connectivity index (χ4v) is 4.68. The molecule has 21 heavy (non-hydrogen) atoms. The summed E-state index contributed by atoms with van der Waals surface area (Å²) in [6.07, 6.45) is 2.38. The van der Waals surface area contributed by atoms with E-state index >= 15 is 0 Å². The van der Waals surface area contributed by atoms with E-state index in [2.05, 4.69) is 27.8 Å². The first-order valence-electron chi connectivity index (χ1n) is 6.93. The lowest BCUT2D eigenvalue weighted by Crippen LogP contribution is -2.32. The molecule has 0 spiro atoms. The molecule has 0 aliphatic carbocycles. The molecular weight excluding hydrogens is 352 g/mol. The topological polar surface area (TPSA) is 49.4 Å². The number of nitrogens with one attached hydrogen (secondary N) is 1. The maximum absolute atomic E-state index is 12.9. The Morgan fingerprint density at radius 3 is 2.62 bits per heavy atom. The molecule has 1 aromatic carbocycles. The molecule has 0 amide bonds. The van der Waals surface area contributed by atoms with Gasteiger partial charge in [0.2, 0.25) is 10.0 Å². The van der Waals surface area contributed by atoms with Crippen molar-refractivity contribution < 1.29 is 8.42 Å². The molecule has 0 fully saturated rings. The Morgan fingerprint density at radius 1 is 1.43 bits per heavy atom. The van der Waals surface area contributed by atoms with E-state index in [9.17, 15) is 8.42 Å². The van der Waals surface area contributed by atoms with Crippen LogP contribution < -0.4 is 5.32 Å². The molecule has 118 valence electrons. The number of halogens is 1. The van der Waals surface area contributed by atoms with Gasteiger partial charge >= 0.3 is 0 Å². The van der Waals surface area contributed by atoms with Crippen molar-refractivity contribution in [1.82, 2.24) is 9.62 Å². The highest BCUT2D eigenvalue weighted by Gasteiger charge is 2.26. The van der Waals surface area contributed by atoms with Crippen molar-refractivity contribution >= 4 is 26.0 Å². The van der Waals surface area contributed by atoms with Gasteiger partial charge in [-0.2, -0.15) is 4.31 Å². The number of rotatable bonds is 8. The fourth-order valence-electron chi connectivity index (χ4n) is 2.15. The van der Waals surface area contributed by atoms with Crippen LogP contribution in [0.4, 0.5) is 0 Å². The molecule has 0 aliphatic rings. The molecule has 1 N–H and O–H groups in total. The van der Waals surface area contributed by atoms with Crippen LogP contribution in [-0.4, -0.2) is 32.9 Å². The van der Waals surface area contributed by atoms with E-state index < -0.39 is 10.0 Å². The molecule has 0 radical (unpaired) electrons. The Labute approximate surface area is 136 Å². The average Bonchev–Trinajstić information content (AvgIpc) is 2.42. The average molecular weight is 375 g/mol. The molecule has 4 nitrogen and oxygen atoms in total. The van der Waals surface area contributed by atoms with Gasteiger partial charge in [0.05, 0.1) is 4.90 Å². The third-order valence-corrected chi connectivity index (χ3v) is 6.29. The third kappa shape index (κ3) is 4.39. The van der Waals surface area contributed by atoms with Crippen LogP contribution in [0.1, 0.15) is 24.5 Å². The summed E-state index contributed by atoms with van der Waals surface area (Å²) in [7, 11) is -1.69. The Morgan fingerprint density at radius 2 is 2.10 bits per heavy atom. The highest BCUT2D eigenvalue weighted by atomic mass is 79.9. The summed E-state index contributed by atoms with van der Waals surface area (Å²) in [5.41, 5.74) is 1.86. The maximum Gasteiger partial charge on any atom is 0.244 e. The van der Waals surface area contributed by atoms with Gasteiger partial charge in [0.1, 0.15) is 0 Å². The number of sulfonamides is 1. The van der Waals surface area contributed by atoms with Crippen molar-refractivity contribution in [2.45, 2.75) is 31.7 Å². The molecule has 0 aliphatic heterocycles. The van der Waals surface area contributed by atoms with Gasteiger partial charge in [-0.05, 0) is 53.5 Å². The molecule has 0 unspecified atom stereocenters. The Balaban J connectivity index is 3.37. The van der Waals surface area contributed by atoms with Gasteiger partial charge in [0.15, 0.2) is 0 Å². The van der Waals surface area contributed by atoms with Gasteiger partial charge in [-0.25, -0.2) is 8.42 Å². The summed E-state index contributed by atoms with van der Waals surface area (Å²) in [6, 6.07) is 3.71. The predicted octanol–water partition coefficient (Wildman–Crippen LogP) is 3.06. The van der Waals surface area contributed by atoms with Crippen LogP contribution in [0.2, 0.25) is 0 Å². The van der Waals surface area contributed by atoms with E-state index in [-0.39, 0.29) is 0 Å². The van der Waals surface area contributed by atoms with Crippen molar-refractivity contribution in [2.75, 3.05) is 20.1 Å². The molecular formula is C15H23BrN2O2S. The quantitative estimate of drug-likeness (QED) is 0.711. The molecule has 0 bridgehead atoms. The first-order chi connectivity index (χ1) is 9.88. The standard InChI is InChI=1S/C15H23BrN2O2S/c1-5-7-18(8-6-2)21(19,20)14-10-13(11-17-4)9-12(3)15(14)16/h5,9-10,17H,1,6-8,11H2,2-4H3. The van der Waals surface area contributed by atoms with Crippen LogP contribution >= 0.6 is 15.9 Å². The van der Waals surface area contributed by atoms with Crippen LogP contribution in [0.15, 0.2) is 34.2 Å². The Kier molecular flexibility index (Phi) is 7.06. The first-order valence-corrected chi connectivity index (χ1v) is 9.16. The molecule has 0 saturated carbocycles. The zero-order valence-electron chi connectivity index (χ0n) is 12.8. The van der Waals surface area contributed by atoms with Crippen molar-refractivity contribution in [3.05, 3.63) is 40.4 Å². The maximum atomic E-state index is 12.9. The fraction of sp³-hybridized carbons (Fsp3) is 0.467. The molecule has 0 heterocycles. The van der Waals surface area contributed by atoms with Crippen LogP contribution in [0.25, 0.3) is 0 Å². The van der Waals surface area contributed by atoms with Crippen molar-refractivity contribution in [1.29, 1.82) is 0 Å². The molecule has 6 heteroatoms. The summed E-state index contributed by atoms with van der Waals surface area (Å²) in [5.74, 6) is 0. The minimum absolute atomic E-state index is 0.317. The number of nitrogens with zero attached hydrogens (tertiary/aromatic N) is 1. The lowest BCUT2D eigenvalue weighted by molar-refractivity contribution is 0.441. The lowest BCUT2D eigenvalue weighted by atomic mass is 10.1. The van der Waals surface area contributed by atoms with E-state index in [0.717, 1.165) is 17.5 Å². The number of hydrogen-bond acceptors (Lipinski definition) is 3. The zero-order valence-corrected chi connectivity index (χ0v) is 15.2. The highest BCUT2D eigenvalue weighted by Crippen LogP contribution is 2.29. The van der Waals surface area contributed by atoms with Crippen molar-refractivity contribution in [2.24, 2.45) is 0 Å². The minimum Gasteiger partial charge on any atom is -0.316 e. The van der Waals surface area contributed by atoms with Gasteiger partial charge < -0.3 is 5.32 Å². The first kappa shape index (κ1) is 18.4. The van der Waals surface area contributed by atoms with Gasteiger partial charge in [0, 0.05) is 24.1 Å². The second kappa shape index (κ2) is 8.08. The number of aryl methyl sites for hydroxylation is 1. The summed E-state index contributed by atoms with van der Waals surface area (Å²) in [4.78, 5) is 0.322. The second-order valence-electron chi connectivity index (χ2n) is 4.91. The molecule has 1 aromatic rings. The van der Waals surface area contributed by atoms with Crippen LogP contribution in [0, 0.1) is 6.92 Å². The predicted molar refractivity (Wildman–Crippen MR) is 90.9 cm³/mol. The summed E-state index contributed by atoms with van der Waals surface area (Å²) >= 11 is 3.42. The lowest BCUT2D eigenvalue weighted by Gasteiger charge is -2.22. The Bertz CT molecular complexity index is 600. The monoisotopic (exact) mass is 374 g/mol. The van der Waals surface area contributed by atoms with Crippen LogP contribution in [0.3, 0.4) is 0 Å². The summed E-state index contributed by atoms with van der Waals surface area (Å²) in [5, 5.41) is 3.05. The van der Waals surface area contributed by atoms with Gasteiger partial charge in [-0.3, -0.25) is 0 Å². The van der Waals surface area contributed by atoms with E-state index in [1.807, 2.05) is 27.0 Å². The van der Waals surface area contributed by atoms with Crippen LogP contribution in [-0.2, 0) is 16.6 Å². The summed E-state index contributed by atoms with van der Waals surface area (Å²) < 4.78 is 27.8. The zero-order chi connectivity index (χ0) is 16.0. The smallest absolute Gasteiger partial charge is 0.244 e. The molecule has 0 aromatic heterocycles. The Hall–Kier alpha value is -0.690. The van der Waals surface area contributed by atoms with Crippen molar-refractivity contribution in [3.63, 3.8) is 0 Å². The summed E-state index contributed by atoms with van der Waals surface area (Å²) in [6.45, 7) is 8.94. The van der Waals surface area contributed by atoms with Crippen molar-refractivity contribution in [3.8, 4) is 0 Å². The van der Waals surface area contributed by atoms with Gasteiger partial charge in [-0.1, -0.05) is 19.1 Å². The normalized spacial score (nSPS) is 11.9. The molecule has 1 rings (SSSR count). The van der Waals surface area contributed by atoms with Gasteiger partial charge in [-0.15, -0.1) is 6.58 Å². The number of benzene rings is 1. The molecule has 0 saturated heterocycles. The largest absolute Gasteiger partial charge is 0.316 e. The van der Waals surface area contributed by atoms with Crippen LogP contribution in [0.5, 0.6) is 0 Å². The molecule has 0 atom stereocenters. The highest BCUT2D eigenvalue weighted by molar-refractivity contribution is 9.10. The number of hydrogen-bond donors (Lipinski definition) is 1. The van der Waals surface area contributed by atoms with Gasteiger partial charge in [0.25, 0.3) is 0 Å². The SMILES string of the molecule is C=CCN(CCC)S(=O)(=O)c1cc(CNC)cc(C)c1Br. The third-order valence-electron chi connectivity index (χ3n) is 3.09. The van der Waals surface area contributed by atoms with E-state index in [4.69, 9.17) is 0 Å². The van der Waals surface area contributed by atoms with E-state index in [1.54, 1.807) is 12.1 Å². The second-order valence-corrected chi connectivity index (χ2v) is 7.61.